The number of hydrogen-bond donors (Lipinski definition) is 0. The maximum atomic E-state index is 13.4. The molecule has 0 aromatic carbocycles. The lowest BCUT2D eigenvalue weighted by Gasteiger charge is -2.56. The van der Waals surface area contributed by atoms with Crippen molar-refractivity contribution in [3.8, 4) is 0 Å². The minimum atomic E-state index is 0.0396. The molecule has 1 amide bonds. The summed E-state index contributed by atoms with van der Waals surface area (Å²) in [5.74, 6) is 3.71. The van der Waals surface area contributed by atoms with Crippen molar-refractivity contribution < 1.29 is 4.79 Å². The van der Waals surface area contributed by atoms with Gasteiger partial charge in [0.15, 0.2) is 0 Å². The van der Waals surface area contributed by atoms with Crippen LogP contribution in [0.3, 0.4) is 0 Å². The van der Waals surface area contributed by atoms with Gasteiger partial charge in [0, 0.05) is 26.3 Å². The van der Waals surface area contributed by atoms with Crippen LogP contribution in [0.2, 0.25) is 0 Å². The van der Waals surface area contributed by atoms with Crippen LogP contribution in [-0.4, -0.2) is 33.7 Å². The third kappa shape index (κ3) is 2.41. The van der Waals surface area contributed by atoms with Crippen molar-refractivity contribution in [2.75, 3.05) is 13.1 Å². The Morgan fingerprint density at radius 2 is 1.88 bits per heavy atom. The lowest BCUT2D eigenvalue weighted by Crippen LogP contribution is -2.54. The standard InChI is InChI=1S/C20H29N3O/c1-22-12-18(11-21-22)4-14-2-3-23(13-14)19(24)20-8-15-5-16(9-20)7-17(6-15)10-20/h11-12,14-17H,2-10,13H2,1H3. The van der Waals surface area contributed by atoms with E-state index in [1.54, 1.807) is 0 Å². The number of likely N-dealkylation sites (tertiary alicyclic amines) is 1. The predicted octanol–water partition coefficient (Wildman–Crippen LogP) is 3.03. The molecule has 5 fully saturated rings. The smallest absolute Gasteiger partial charge is 0.228 e. The fourth-order valence-corrected chi connectivity index (χ4v) is 6.80. The quantitative estimate of drug-likeness (QED) is 0.856. The van der Waals surface area contributed by atoms with Crippen LogP contribution in [0, 0.1) is 29.1 Å². The molecule has 24 heavy (non-hydrogen) atoms. The van der Waals surface area contributed by atoms with Crippen LogP contribution in [-0.2, 0) is 18.3 Å². The van der Waals surface area contributed by atoms with E-state index in [4.69, 9.17) is 0 Å². The van der Waals surface area contributed by atoms with Crippen molar-refractivity contribution >= 4 is 5.91 Å². The average molecular weight is 327 g/mol. The zero-order chi connectivity index (χ0) is 16.3. The zero-order valence-corrected chi connectivity index (χ0v) is 14.8. The molecule has 6 rings (SSSR count). The Morgan fingerprint density at radius 1 is 1.21 bits per heavy atom. The van der Waals surface area contributed by atoms with Crippen molar-refractivity contribution in [3.05, 3.63) is 18.0 Å². The van der Waals surface area contributed by atoms with Crippen LogP contribution in [0.25, 0.3) is 0 Å². The van der Waals surface area contributed by atoms with Crippen LogP contribution in [0.5, 0.6) is 0 Å². The number of hydrogen-bond acceptors (Lipinski definition) is 2. The Labute approximate surface area is 144 Å². The van der Waals surface area contributed by atoms with E-state index in [1.165, 1.54) is 44.1 Å². The van der Waals surface area contributed by atoms with E-state index < -0.39 is 0 Å². The molecule has 2 heterocycles. The number of carbonyl (C=O) groups excluding carboxylic acids is 1. The van der Waals surface area contributed by atoms with Crippen LogP contribution in [0.4, 0.5) is 0 Å². The second kappa shape index (κ2) is 5.34. The second-order valence-corrected chi connectivity index (χ2v) is 9.33. The first-order chi connectivity index (χ1) is 11.6. The van der Waals surface area contributed by atoms with E-state index in [1.807, 2.05) is 17.9 Å². The van der Waals surface area contributed by atoms with Crippen LogP contribution in [0.1, 0.15) is 50.5 Å². The molecule has 4 nitrogen and oxygen atoms in total. The van der Waals surface area contributed by atoms with Crippen molar-refractivity contribution in [1.82, 2.24) is 14.7 Å². The SMILES string of the molecule is Cn1cc(CC2CCN(C(=O)C34CC5CC(CC(C5)C3)C4)C2)cn1. The van der Waals surface area contributed by atoms with Crippen molar-refractivity contribution in [1.29, 1.82) is 0 Å². The highest BCUT2D eigenvalue weighted by atomic mass is 16.2. The van der Waals surface area contributed by atoms with Gasteiger partial charge in [0.05, 0.1) is 11.6 Å². The third-order valence-corrected chi connectivity index (χ3v) is 7.35. The van der Waals surface area contributed by atoms with Gasteiger partial charge in [0.1, 0.15) is 0 Å². The summed E-state index contributed by atoms with van der Waals surface area (Å²) in [6.07, 6.45) is 14.1. The summed E-state index contributed by atoms with van der Waals surface area (Å²) >= 11 is 0. The number of nitrogens with zero attached hydrogens (tertiary/aromatic N) is 3. The molecule has 1 aromatic rings. The first kappa shape index (κ1) is 15.0. The van der Waals surface area contributed by atoms with Gasteiger partial charge in [-0.1, -0.05) is 0 Å². The van der Waals surface area contributed by atoms with Gasteiger partial charge in [0.2, 0.25) is 5.91 Å². The topological polar surface area (TPSA) is 38.1 Å². The van der Waals surface area contributed by atoms with Gasteiger partial charge in [-0.3, -0.25) is 9.48 Å². The Hall–Kier alpha value is -1.32. The Kier molecular flexibility index (Phi) is 3.33. The summed E-state index contributed by atoms with van der Waals surface area (Å²) in [6, 6.07) is 0. The molecule has 0 N–H and O–H groups in total. The Bertz CT molecular complexity index is 614. The molecule has 4 heteroatoms. The van der Waals surface area contributed by atoms with Crippen LogP contribution in [0.15, 0.2) is 12.4 Å². The molecule has 1 saturated heterocycles. The molecule has 4 aliphatic carbocycles. The predicted molar refractivity (Wildman–Crippen MR) is 92.2 cm³/mol. The molecule has 0 radical (unpaired) electrons. The van der Waals surface area contributed by atoms with E-state index >= 15 is 0 Å². The molecule has 130 valence electrons. The van der Waals surface area contributed by atoms with Gasteiger partial charge in [-0.05, 0) is 80.6 Å². The van der Waals surface area contributed by atoms with E-state index in [2.05, 4.69) is 16.2 Å². The number of amides is 1. The minimum Gasteiger partial charge on any atom is -0.342 e. The highest BCUT2D eigenvalue weighted by Gasteiger charge is 2.55. The van der Waals surface area contributed by atoms with Crippen LogP contribution < -0.4 is 0 Å². The molecular weight excluding hydrogens is 298 g/mol. The fraction of sp³-hybridized carbons (Fsp3) is 0.800. The van der Waals surface area contributed by atoms with Gasteiger partial charge >= 0.3 is 0 Å². The lowest BCUT2D eigenvalue weighted by molar-refractivity contribution is -0.156. The lowest BCUT2D eigenvalue weighted by atomic mass is 9.49. The van der Waals surface area contributed by atoms with Gasteiger partial charge < -0.3 is 4.90 Å². The maximum absolute atomic E-state index is 13.4. The normalized spacial score (nSPS) is 40.5. The molecule has 1 atom stereocenters. The zero-order valence-electron chi connectivity index (χ0n) is 14.8. The average Bonchev–Trinajstić information content (AvgIpc) is 3.15. The van der Waals surface area contributed by atoms with E-state index in [9.17, 15) is 4.79 Å². The summed E-state index contributed by atoms with van der Waals surface area (Å²) in [5.41, 5.74) is 1.35. The fourth-order valence-electron chi connectivity index (χ4n) is 6.80. The number of carbonyl (C=O) groups is 1. The summed E-state index contributed by atoms with van der Waals surface area (Å²) in [4.78, 5) is 15.6. The van der Waals surface area contributed by atoms with Crippen molar-refractivity contribution in [3.63, 3.8) is 0 Å². The number of aryl methyl sites for hydroxylation is 1. The van der Waals surface area contributed by atoms with Gasteiger partial charge in [-0.25, -0.2) is 0 Å². The minimum absolute atomic E-state index is 0.0396. The van der Waals surface area contributed by atoms with Gasteiger partial charge in [-0.2, -0.15) is 5.10 Å². The summed E-state index contributed by atoms with van der Waals surface area (Å²) in [7, 11) is 1.97. The van der Waals surface area contributed by atoms with E-state index in [0.717, 1.165) is 43.7 Å². The molecule has 5 aliphatic rings. The highest BCUT2D eigenvalue weighted by molar-refractivity contribution is 5.83. The molecule has 4 saturated carbocycles. The molecule has 1 unspecified atom stereocenters. The molecule has 0 spiro atoms. The number of rotatable bonds is 3. The van der Waals surface area contributed by atoms with Crippen LogP contribution >= 0.6 is 0 Å². The van der Waals surface area contributed by atoms with Crippen molar-refractivity contribution in [2.45, 2.75) is 51.4 Å². The Morgan fingerprint density at radius 3 is 2.46 bits per heavy atom. The second-order valence-electron chi connectivity index (χ2n) is 9.33. The monoisotopic (exact) mass is 327 g/mol. The third-order valence-electron chi connectivity index (χ3n) is 7.35. The Balaban J connectivity index is 1.27. The molecule has 1 aliphatic heterocycles. The summed E-state index contributed by atoms with van der Waals surface area (Å²) < 4.78 is 1.88. The molecule has 1 aromatic heterocycles. The van der Waals surface area contributed by atoms with E-state index in [0.29, 0.717) is 11.8 Å². The van der Waals surface area contributed by atoms with Crippen molar-refractivity contribution in [2.24, 2.45) is 36.1 Å². The summed E-state index contributed by atoms with van der Waals surface area (Å²) in [6.45, 7) is 1.95. The first-order valence-electron chi connectivity index (χ1n) is 9.86. The first-order valence-corrected chi connectivity index (χ1v) is 9.86. The number of aromatic nitrogens is 2. The van der Waals surface area contributed by atoms with Gasteiger partial charge in [0.25, 0.3) is 0 Å². The largest absolute Gasteiger partial charge is 0.342 e. The highest BCUT2D eigenvalue weighted by Crippen LogP contribution is 2.60. The molecule has 4 bridgehead atoms. The van der Waals surface area contributed by atoms with E-state index in [-0.39, 0.29) is 5.41 Å². The summed E-state index contributed by atoms with van der Waals surface area (Å²) in [5, 5.41) is 4.28. The molecular formula is C20H29N3O. The van der Waals surface area contributed by atoms with Gasteiger partial charge in [-0.15, -0.1) is 0 Å². The maximum Gasteiger partial charge on any atom is 0.228 e.